The first-order valence-electron chi connectivity index (χ1n) is 7.25. The highest BCUT2D eigenvalue weighted by molar-refractivity contribution is 7.98. The number of aromatic nitrogens is 2. The number of benzene rings is 1. The molecule has 0 aliphatic heterocycles. The van der Waals surface area contributed by atoms with Gasteiger partial charge < -0.3 is 14.8 Å². The Labute approximate surface area is 155 Å². The quantitative estimate of drug-likeness (QED) is 0.340. The molecule has 0 aliphatic carbocycles. The Balaban J connectivity index is 2.26. The first-order chi connectivity index (χ1) is 12.0. The van der Waals surface area contributed by atoms with Crippen LogP contribution in [-0.4, -0.2) is 36.4 Å². The summed E-state index contributed by atoms with van der Waals surface area (Å²) in [5.74, 6) is 0.578. The summed E-state index contributed by atoms with van der Waals surface area (Å²) >= 11 is 7.54. The molecule has 25 heavy (non-hydrogen) atoms. The van der Waals surface area contributed by atoms with Gasteiger partial charge in [-0.15, -0.1) is 0 Å². The number of ether oxygens (including phenoxy) is 2. The smallest absolute Gasteiger partial charge is 0.338 e. The highest BCUT2D eigenvalue weighted by Crippen LogP contribution is 2.27. The van der Waals surface area contributed by atoms with E-state index in [4.69, 9.17) is 21.1 Å². The van der Waals surface area contributed by atoms with Crippen molar-refractivity contribution in [2.45, 2.75) is 11.7 Å². The fourth-order valence-electron chi connectivity index (χ4n) is 2.06. The zero-order valence-electron chi connectivity index (χ0n) is 14.1. The summed E-state index contributed by atoms with van der Waals surface area (Å²) in [6.45, 7) is 4.22. The lowest BCUT2D eigenvalue weighted by atomic mass is 10.1. The van der Waals surface area contributed by atoms with Crippen molar-refractivity contribution < 1.29 is 14.3 Å². The van der Waals surface area contributed by atoms with Gasteiger partial charge in [-0.05, 0) is 24.0 Å². The largest absolute Gasteiger partial charge is 0.495 e. The maximum atomic E-state index is 11.8. The van der Waals surface area contributed by atoms with Crippen LogP contribution in [0.4, 0.5) is 5.82 Å². The van der Waals surface area contributed by atoms with E-state index < -0.39 is 5.97 Å². The third-order valence-electron chi connectivity index (χ3n) is 3.38. The number of esters is 1. The molecule has 0 bridgehead atoms. The Morgan fingerprint density at radius 1 is 1.40 bits per heavy atom. The minimum absolute atomic E-state index is 0.186. The highest BCUT2D eigenvalue weighted by Gasteiger charge is 2.16. The van der Waals surface area contributed by atoms with Crippen LogP contribution in [0.3, 0.4) is 0 Å². The number of hydrogen-bond donors (Lipinski definition) is 1. The number of anilines is 1. The minimum atomic E-state index is -0.531. The number of rotatable bonds is 7. The number of thioether (sulfide) groups is 1. The van der Waals surface area contributed by atoms with Crippen LogP contribution in [0.1, 0.15) is 11.1 Å². The van der Waals surface area contributed by atoms with Gasteiger partial charge in [0.25, 0.3) is 0 Å². The predicted molar refractivity (Wildman–Crippen MR) is 100 cm³/mol. The Morgan fingerprint density at radius 3 is 2.76 bits per heavy atom. The van der Waals surface area contributed by atoms with Crippen LogP contribution < -0.4 is 10.1 Å². The van der Waals surface area contributed by atoms with Crippen LogP contribution >= 0.6 is 23.4 Å². The molecular weight excluding hydrogens is 362 g/mol. The third-order valence-corrected chi connectivity index (χ3v) is 4.24. The molecule has 0 aliphatic rings. The number of halogens is 1. The van der Waals surface area contributed by atoms with Gasteiger partial charge in [0, 0.05) is 18.3 Å². The van der Waals surface area contributed by atoms with E-state index in [1.165, 1.54) is 18.9 Å². The Hall–Kier alpha value is -2.25. The fraction of sp³-hybridized carbons (Fsp3) is 0.235. The maximum absolute atomic E-state index is 11.8. The van der Waals surface area contributed by atoms with Crippen molar-refractivity contribution in [3.05, 3.63) is 47.1 Å². The Bertz CT molecular complexity index is 799. The highest BCUT2D eigenvalue weighted by atomic mass is 35.5. The molecule has 1 aromatic carbocycles. The predicted octanol–water partition coefficient (Wildman–Crippen LogP) is 3.66. The molecule has 0 amide bonds. The van der Waals surface area contributed by atoms with Crippen LogP contribution in [-0.2, 0) is 16.1 Å². The van der Waals surface area contributed by atoms with Crippen molar-refractivity contribution >= 4 is 40.7 Å². The number of carbonyl (C=O) groups excluding carboxylic acids is 1. The van der Waals surface area contributed by atoms with Crippen molar-refractivity contribution in [2.75, 3.05) is 25.8 Å². The van der Waals surface area contributed by atoms with E-state index in [1.54, 1.807) is 25.4 Å². The second-order valence-corrected chi connectivity index (χ2v) is 6.09. The van der Waals surface area contributed by atoms with Gasteiger partial charge in [0.1, 0.15) is 11.6 Å². The van der Waals surface area contributed by atoms with Crippen molar-refractivity contribution in [1.82, 2.24) is 9.97 Å². The van der Waals surface area contributed by atoms with Crippen LogP contribution in [0.2, 0.25) is 5.02 Å². The van der Waals surface area contributed by atoms with Gasteiger partial charge in [0.2, 0.25) is 0 Å². The summed E-state index contributed by atoms with van der Waals surface area (Å²) < 4.78 is 9.87. The summed E-state index contributed by atoms with van der Waals surface area (Å²) in [6.07, 6.45) is 3.43. The topological polar surface area (TPSA) is 73.3 Å². The van der Waals surface area contributed by atoms with E-state index in [2.05, 4.69) is 21.9 Å². The van der Waals surface area contributed by atoms with E-state index >= 15 is 0 Å². The second kappa shape index (κ2) is 8.73. The van der Waals surface area contributed by atoms with E-state index in [0.29, 0.717) is 33.9 Å². The van der Waals surface area contributed by atoms with E-state index in [-0.39, 0.29) is 5.57 Å². The molecule has 0 atom stereocenters. The van der Waals surface area contributed by atoms with E-state index in [0.717, 1.165) is 5.56 Å². The first-order valence-corrected chi connectivity index (χ1v) is 8.85. The van der Waals surface area contributed by atoms with Gasteiger partial charge >= 0.3 is 5.97 Å². The molecule has 0 spiro atoms. The molecule has 0 unspecified atom stereocenters. The standard InChI is InChI=1S/C17H18ClN3O3S/c1-10(16(22)24-3)12-9-20-17(25-4)21-15(12)19-8-11-5-6-14(23-2)13(18)7-11/h5-7,9H,1,8H2,2-4H3,(H,19,20,21). The van der Waals surface area contributed by atoms with Crippen LogP contribution in [0, 0.1) is 0 Å². The summed E-state index contributed by atoms with van der Waals surface area (Å²) in [5, 5.41) is 4.30. The Kier molecular flexibility index (Phi) is 6.66. The average molecular weight is 380 g/mol. The molecule has 0 radical (unpaired) electrons. The number of nitrogens with one attached hydrogen (secondary N) is 1. The number of methoxy groups -OCH3 is 2. The fourth-order valence-corrected chi connectivity index (χ4v) is 2.68. The molecule has 2 aromatic rings. The van der Waals surface area contributed by atoms with Crippen molar-refractivity contribution in [1.29, 1.82) is 0 Å². The molecule has 0 saturated heterocycles. The first kappa shape index (κ1) is 19.1. The van der Waals surface area contributed by atoms with Gasteiger partial charge in [-0.1, -0.05) is 36.0 Å². The molecule has 8 heteroatoms. The van der Waals surface area contributed by atoms with Gasteiger partial charge in [-0.3, -0.25) is 0 Å². The lowest BCUT2D eigenvalue weighted by Crippen LogP contribution is -2.10. The summed E-state index contributed by atoms with van der Waals surface area (Å²) in [7, 11) is 2.87. The van der Waals surface area contributed by atoms with Crippen molar-refractivity contribution in [3.63, 3.8) is 0 Å². The van der Waals surface area contributed by atoms with Crippen molar-refractivity contribution in [2.24, 2.45) is 0 Å². The van der Waals surface area contributed by atoms with Crippen molar-refractivity contribution in [3.8, 4) is 5.75 Å². The number of carbonyl (C=O) groups is 1. The molecule has 1 heterocycles. The van der Waals surface area contributed by atoms with Gasteiger partial charge in [-0.25, -0.2) is 14.8 Å². The number of hydrogen-bond acceptors (Lipinski definition) is 7. The Morgan fingerprint density at radius 2 is 2.16 bits per heavy atom. The monoisotopic (exact) mass is 379 g/mol. The minimum Gasteiger partial charge on any atom is -0.495 e. The molecule has 0 saturated carbocycles. The zero-order valence-corrected chi connectivity index (χ0v) is 15.7. The van der Waals surface area contributed by atoms with Crippen LogP contribution in [0.5, 0.6) is 5.75 Å². The SMILES string of the molecule is C=C(C(=O)OC)c1cnc(SC)nc1NCc1ccc(OC)c(Cl)c1. The maximum Gasteiger partial charge on any atom is 0.338 e. The lowest BCUT2D eigenvalue weighted by Gasteiger charge is -2.13. The second-order valence-electron chi connectivity index (χ2n) is 4.91. The van der Waals surface area contributed by atoms with Crippen LogP contribution in [0.25, 0.3) is 5.57 Å². The van der Waals surface area contributed by atoms with Gasteiger partial charge in [0.15, 0.2) is 5.16 Å². The normalized spacial score (nSPS) is 10.2. The third kappa shape index (κ3) is 4.64. The van der Waals surface area contributed by atoms with E-state index in [9.17, 15) is 4.79 Å². The average Bonchev–Trinajstić information content (AvgIpc) is 2.64. The molecule has 132 valence electrons. The van der Waals surface area contributed by atoms with E-state index in [1.807, 2.05) is 12.3 Å². The lowest BCUT2D eigenvalue weighted by molar-refractivity contribution is -0.133. The summed E-state index contributed by atoms with van der Waals surface area (Å²) in [4.78, 5) is 20.4. The molecule has 1 N–H and O–H groups in total. The summed E-state index contributed by atoms with van der Waals surface area (Å²) in [6, 6.07) is 5.49. The molecule has 6 nitrogen and oxygen atoms in total. The molecule has 0 fully saturated rings. The molecule has 1 aromatic heterocycles. The van der Waals surface area contributed by atoms with Crippen LogP contribution in [0.15, 0.2) is 36.1 Å². The van der Waals surface area contributed by atoms with Gasteiger partial charge in [0.05, 0.1) is 24.8 Å². The zero-order chi connectivity index (χ0) is 18.4. The van der Waals surface area contributed by atoms with Gasteiger partial charge in [-0.2, -0.15) is 0 Å². The summed E-state index contributed by atoms with van der Waals surface area (Å²) in [5.41, 5.74) is 1.61. The molecule has 2 rings (SSSR count). The molecular formula is C17H18ClN3O3S. The number of nitrogens with zero attached hydrogens (tertiary/aromatic N) is 2.